The van der Waals surface area contributed by atoms with Gasteiger partial charge in [0.2, 0.25) is 11.8 Å². The van der Waals surface area contributed by atoms with Crippen LogP contribution in [0.4, 0.5) is 0 Å². The maximum Gasteiger partial charge on any atom is 0.487 e. The number of rotatable bonds is 8. The van der Waals surface area contributed by atoms with Gasteiger partial charge in [0.25, 0.3) is 11.8 Å². The topological polar surface area (TPSA) is 181 Å². The van der Waals surface area contributed by atoms with Gasteiger partial charge in [-0.05, 0) is 113 Å². The van der Waals surface area contributed by atoms with E-state index in [9.17, 15) is 19.2 Å². The van der Waals surface area contributed by atoms with Gasteiger partial charge in [0.1, 0.15) is 5.15 Å². The largest absolute Gasteiger partial charge is 0.487 e. The molecule has 3 fully saturated rings. The molecule has 0 saturated carbocycles. The van der Waals surface area contributed by atoms with Crippen molar-refractivity contribution >= 4 is 104 Å². The van der Waals surface area contributed by atoms with E-state index in [2.05, 4.69) is 68.8 Å². The predicted molar refractivity (Wildman–Crippen MR) is 336 cm³/mol. The van der Waals surface area contributed by atoms with Gasteiger partial charge in [-0.2, -0.15) is 0 Å². The van der Waals surface area contributed by atoms with Crippen LogP contribution in [0.3, 0.4) is 0 Å². The van der Waals surface area contributed by atoms with E-state index in [0.29, 0.717) is 31.1 Å². The molecule has 16 nitrogen and oxygen atoms in total. The molecule has 434 valence electrons. The van der Waals surface area contributed by atoms with Crippen molar-refractivity contribution in [1.29, 1.82) is 0 Å². The Bertz CT molecular complexity index is 3840. The Balaban J connectivity index is 0.000000138. The minimum atomic E-state index is -0.356. The van der Waals surface area contributed by atoms with Crippen LogP contribution in [0, 0.1) is 0 Å². The number of aryl methyl sites for hydroxylation is 2. The van der Waals surface area contributed by atoms with Crippen LogP contribution in [-0.4, -0.2) is 161 Å². The second-order valence-corrected chi connectivity index (χ2v) is 24.1. The molecule has 18 heteroatoms. The first-order chi connectivity index (χ1) is 40.4. The van der Waals surface area contributed by atoms with Crippen LogP contribution >= 0.6 is 11.6 Å². The number of likely N-dealkylation sites (N-methyl/N-ethyl adjacent to an activating group) is 2. The molecule has 4 aromatic carbocycles. The molecule has 13 rings (SSSR count). The van der Waals surface area contributed by atoms with Crippen molar-refractivity contribution in [3.63, 3.8) is 0 Å². The van der Waals surface area contributed by atoms with Crippen molar-refractivity contribution in [2.45, 2.75) is 77.4 Å². The summed E-state index contributed by atoms with van der Waals surface area (Å²) in [7, 11) is 3.83. The van der Waals surface area contributed by atoms with Crippen molar-refractivity contribution in [2.75, 3.05) is 79.5 Å². The van der Waals surface area contributed by atoms with Gasteiger partial charge >= 0.3 is 7.12 Å². The van der Waals surface area contributed by atoms with Crippen LogP contribution in [0.5, 0.6) is 0 Å². The van der Waals surface area contributed by atoms with Crippen LogP contribution in [-0.2, 0) is 44.6 Å². The minimum absolute atomic E-state index is 0.0204. The number of amides is 4. The van der Waals surface area contributed by atoms with Crippen molar-refractivity contribution < 1.29 is 28.5 Å². The molecule has 0 atom stereocenters. The number of carbonyl (C=O) groups is 4. The molecular formula is C66H74BClN10O6. The van der Waals surface area contributed by atoms with Gasteiger partial charge in [-0.25, -0.2) is 0 Å². The number of halogens is 1. The Kier molecular flexibility index (Phi) is 17.2. The van der Waals surface area contributed by atoms with Crippen LogP contribution in [0.15, 0.2) is 103 Å². The lowest BCUT2D eigenvalue weighted by atomic mass is 9.89. The van der Waals surface area contributed by atoms with Crippen molar-refractivity contribution in [3.8, 4) is 0 Å². The average Bonchev–Trinajstić information content (AvgIpc) is 2.02. The molecule has 9 heterocycles. The van der Waals surface area contributed by atoms with E-state index in [0.717, 1.165) is 172 Å². The first-order valence-corrected chi connectivity index (χ1v) is 29.7. The Morgan fingerprint density at radius 3 is 1.58 bits per heavy atom. The normalized spacial score (nSPS) is 18.2. The average molecular weight is 1150 g/mol. The highest BCUT2D eigenvalue weighted by atomic mass is 35.5. The molecule has 4 aromatic heterocycles. The maximum atomic E-state index is 12.8. The lowest BCUT2D eigenvalue weighted by Gasteiger charge is -2.32. The monoisotopic (exact) mass is 1150 g/mol. The fraction of sp³-hybridized carbons (Fsp3) is 0.364. The summed E-state index contributed by atoms with van der Waals surface area (Å²) in [6.45, 7) is 16.6. The molecule has 0 spiro atoms. The third-order valence-corrected chi connectivity index (χ3v) is 17.4. The van der Waals surface area contributed by atoms with Crippen molar-refractivity contribution in [2.24, 2.45) is 0 Å². The Morgan fingerprint density at radius 2 is 1.07 bits per heavy atom. The number of H-pyrrole nitrogens is 2. The summed E-state index contributed by atoms with van der Waals surface area (Å²) in [5.74, 6) is 2.29. The van der Waals surface area contributed by atoms with E-state index >= 15 is 0 Å². The molecule has 0 aliphatic carbocycles. The van der Waals surface area contributed by atoms with Gasteiger partial charge in [-0.3, -0.25) is 29.1 Å². The van der Waals surface area contributed by atoms with Gasteiger partial charge in [0.05, 0.1) is 57.6 Å². The maximum absolute atomic E-state index is 12.8. The molecule has 8 aromatic rings. The highest BCUT2D eigenvalue weighted by Gasteiger charge is 2.50. The second kappa shape index (κ2) is 24.9. The van der Waals surface area contributed by atoms with E-state index in [4.69, 9.17) is 30.9 Å². The predicted octanol–water partition coefficient (Wildman–Crippen LogP) is 9.57. The van der Waals surface area contributed by atoms with Crippen molar-refractivity contribution in [3.05, 3.63) is 159 Å². The van der Waals surface area contributed by atoms with E-state index in [1.165, 1.54) is 0 Å². The molecule has 4 amide bonds. The summed E-state index contributed by atoms with van der Waals surface area (Å²) >= 11 is 6.04. The summed E-state index contributed by atoms with van der Waals surface area (Å²) in [6, 6.07) is 28.2. The number of nitrogens with zero attached hydrogens (tertiary/aromatic N) is 6. The van der Waals surface area contributed by atoms with Crippen LogP contribution in [0.1, 0.15) is 101 Å². The van der Waals surface area contributed by atoms with Gasteiger partial charge in [-0.15, -0.1) is 0 Å². The van der Waals surface area contributed by atoms with Crippen LogP contribution in [0.2, 0.25) is 5.15 Å². The molecule has 4 N–H and O–H groups in total. The summed E-state index contributed by atoms with van der Waals surface area (Å²) < 4.78 is 12.0. The zero-order valence-electron chi connectivity index (χ0n) is 48.9. The highest BCUT2D eigenvalue weighted by molar-refractivity contribution is 6.52. The molecule has 5 aliphatic rings. The highest BCUT2D eigenvalue weighted by Crippen LogP contribution is 2.38. The van der Waals surface area contributed by atoms with Gasteiger partial charge in [-0.1, -0.05) is 103 Å². The zero-order valence-corrected chi connectivity index (χ0v) is 49.7. The number of carbonyl (C=O) groups excluding carboxylic acids is 4. The molecule has 0 unspecified atom stereocenters. The number of hydrogen-bond donors (Lipinski definition) is 4. The van der Waals surface area contributed by atoms with Gasteiger partial charge < -0.3 is 49.5 Å². The number of benzene rings is 4. The number of aromatic amines is 2. The lowest BCUT2D eigenvalue weighted by molar-refractivity contribution is -0.132. The van der Waals surface area contributed by atoms with Crippen LogP contribution < -0.4 is 10.6 Å². The summed E-state index contributed by atoms with van der Waals surface area (Å²) in [5.41, 5.74) is 9.42. The number of hydrogen-bond acceptors (Lipinski definition) is 10. The smallest absolute Gasteiger partial charge is 0.400 e. The number of nitrogens with one attached hydrogen (secondary N) is 4. The lowest BCUT2D eigenvalue weighted by Crippen LogP contribution is -2.47. The molecule has 3 saturated heterocycles. The van der Waals surface area contributed by atoms with Crippen molar-refractivity contribution in [1.82, 2.24) is 50.2 Å². The zero-order chi connectivity index (χ0) is 58.7. The Morgan fingerprint density at radius 1 is 0.595 bits per heavy atom. The van der Waals surface area contributed by atoms with E-state index in [1.807, 2.05) is 135 Å². The molecule has 0 radical (unpaired) electrons. The fourth-order valence-corrected chi connectivity index (χ4v) is 11.7. The summed E-state index contributed by atoms with van der Waals surface area (Å²) in [4.78, 5) is 74.5. The molecule has 5 aliphatic heterocycles. The number of aromatic nitrogens is 4. The van der Waals surface area contributed by atoms with E-state index in [-0.39, 0.29) is 41.9 Å². The summed E-state index contributed by atoms with van der Waals surface area (Å²) in [5, 5.41) is 12.4. The standard InChI is InChI=1S/C30H31N5O2.C21H31BN2O3.C15H12ClN3O/c1-34-12-14-35(15-13-34)27(36)17-21-5-2-4-20(16-21)7-9-23-18-25-22(19-32-23)8-10-24-28-26(33-29(24)25)6-3-11-31-30(28)37;1-20(2)21(3,4)27-22(26-20)10-9-17-7-6-8-18(15-17)16-19(25)24-13-11-23(5)12-14-24;16-12-6-10-8(7-18-12)3-4-9-13-11(19-14(9)10)2-1-5-17-15(13)20/h2,4-5,7-10,16,18-19,32H,3,6,11-15,17H2,1H3,(H,31,37);6-10,15H,11-14,16H2,1-5H3;3-4,6-7,18H,1-2,5H2,(H,17,20)/b9-7+;10-9+;. The SMILES string of the molecule is CN1CCN(C(=O)Cc2cccc(/C=C/B3OC(C)(C)C(C)(C)O3)c2)CC1.CN1CCN(C(=O)Cc2cccc(/C=C/c3cc4c(ccc5c6c(nc54)CCCNC6=O)c[nH]3)c2)CC1.O=C1NCCCc2nc3c(ccc4c[nH]c(Cl)cc43)c21. The van der Waals surface area contributed by atoms with Crippen LogP contribution in [0.25, 0.3) is 61.6 Å². The first kappa shape index (κ1) is 58.1. The molecular weight excluding hydrogens is 1080 g/mol. The van der Waals surface area contributed by atoms with E-state index in [1.54, 1.807) is 0 Å². The Labute approximate surface area is 496 Å². The third kappa shape index (κ3) is 13.0. The first-order valence-electron chi connectivity index (χ1n) is 29.4. The summed E-state index contributed by atoms with van der Waals surface area (Å²) in [6.07, 6.45) is 14.3. The van der Waals surface area contributed by atoms with Gasteiger partial charge in [0.15, 0.2) is 0 Å². The number of piperazine rings is 2. The fourth-order valence-electron chi connectivity index (χ4n) is 11.5. The molecule has 84 heavy (non-hydrogen) atoms. The minimum Gasteiger partial charge on any atom is -0.400 e. The van der Waals surface area contributed by atoms with Gasteiger partial charge in [0, 0.05) is 110 Å². The molecule has 0 bridgehead atoms. The van der Waals surface area contributed by atoms with E-state index < -0.39 is 0 Å². The number of pyridine rings is 2. The third-order valence-electron chi connectivity index (χ3n) is 17.1. The quantitative estimate of drug-likeness (QED) is 0.0845. The Hall–Kier alpha value is -7.67. The number of fused-ring (bicyclic) bond motifs is 10. The second-order valence-electron chi connectivity index (χ2n) is 23.7.